The molecule has 0 amide bonds. The van der Waals surface area contributed by atoms with Crippen LogP contribution in [0.5, 0.6) is 5.75 Å². The van der Waals surface area contributed by atoms with Gasteiger partial charge >= 0.3 is 0 Å². The van der Waals surface area contributed by atoms with E-state index in [2.05, 4.69) is 15.4 Å². The summed E-state index contributed by atoms with van der Waals surface area (Å²) < 4.78 is 47.8. The van der Waals surface area contributed by atoms with Gasteiger partial charge in [-0.25, -0.2) is 22.8 Å². The lowest BCUT2D eigenvalue weighted by Crippen LogP contribution is -2.32. The molecule has 2 heterocycles. The Balaban J connectivity index is 1.57. The molecule has 5 nitrogen and oxygen atoms in total. The molecule has 1 aliphatic rings. The summed E-state index contributed by atoms with van der Waals surface area (Å²) in [6, 6.07) is 11.5. The number of aryl methyl sites for hydroxylation is 2. The number of alkyl halides is 2. The van der Waals surface area contributed by atoms with Crippen molar-refractivity contribution < 1.29 is 17.9 Å². The Kier molecular flexibility index (Phi) is 5.89. The van der Waals surface area contributed by atoms with Crippen LogP contribution in [0.2, 0.25) is 0 Å². The van der Waals surface area contributed by atoms with Crippen LogP contribution in [-0.2, 0) is 6.61 Å². The predicted octanol–water partition coefficient (Wildman–Crippen LogP) is 5.59. The average Bonchev–Trinajstić information content (AvgIpc) is 3.07. The lowest BCUT2D eigenvalue weighted by Gasteiger charge is -2.29. The van der Waals surface area contributed by atoms with Gasteiger partial charge in [0.25, 0.3) is 0 Å². The van der Waals surface area contributed by atoms with E-state index < -0.39 is 5.92 Å². The molecule has 3 aromatic rings. The Morgan fingerprint density at radius 2 is 1.81 bits per heavy atom. The fraction of sp³-hybridized carbons (Fsp3) is 0.391. The summed E-state index contributed by atoms with van der Waals surface area (Å²) in [7, 11) is 0. The number of hydrogen-bond acceptors (Lipinski definition) is 4. The molecule has 0 spiro atoms. The second-order valence-corrected chi connectivity index (χ2v) is 8.07. The fourth-order valence-corrected chi connectivity index (χ4v) is 3.76. The second-order valence-electron chi connectivity index (χ2n) is 8.07. The SMILES string of the molecule is Cc1cc(C)n(-c2cc(OCc3ccc(F)cc3)cc(NC3CCC(F)(F)CC3)n2)n1. The minimum absolute atomic E-state index is 0.0761. The van der Waals surface area contributed by atoms with Gasteiger partial charge in [-0.05, 0) is 50.5 Å². The van der Waals surface area contributed by atoms with Crippen LogP contribution in [-0.4, -0.2) is 26.7 Å². The molecule has 1 aliphatic carbocycles. The summed E-state index contributed by atoms with van der Waals surface area (Å²) in [5.41, 5.74) is 2.61. The molecule has 31 heavy (non-hydrogen) atoms. The Bertz CT molecular complexity index is 1040. The van der Waals surface area contributed by atoms with Gasteiger partial charge in [-0.2, -0.15) is 5.10 Å². The van der Waals surface area contributed by atoms with Crippen LogP contribution in [0.15, 0.2) is 42.5 Å². The van der Waals surface area contributed by atoms with Crippen molar-refractivity contribution in [3.63, 3.8) is 0 Å². The first kappa shape index (κ1) is 21.2. The summed E-state index contributed by atoms with van der Waals surface area (Å²) >= 11 is 0. The average molecular weight is 430 g/mol. The molecule has 0 atom stereocenters. The highest BCUT2D eigenvalue weighted by molar-refractivity contribution is 5.48. The molecular weight excluding hydrogens is 405 g/mol. The Morgan fingerprint density at radius 1 is 1.10 bits per heavy atom. The van der Waals surface area contributed by atoms with E-state index >= 15 is 0 Å². The Morgan fingerprint density at radius 3 is 2.45 bits per heavy atom. The fourth-order valence-electron chi connectivity index (χ4n) is 3.76. The normalized spacial score (nSPS) is 16.3. The molecule has 2 aromatic heterocycles. The van der Waals surface area contributed by atoms with Crippen LogP contribution >= 0.6 is 0 Å². The molecular formula is C23H25F3N4O. The van der Waals surface area contributed by atoms with E-state index in [1.54, 1.807) is 28.9 Å². The maximum absolute atomic E-state index is 13.5. The topological polar surface area (TPSA) is 52.0 Å². The lowest BCUT2D eigenvalue weighted by atomic mass is 9.92. The molecule has 0 radical (unpaired) electrons. The van der Waals surface area contributed by atoms with Gasteiger partial charge in [-0.1, -0.05) is 12.1 Å². The summed E-state index contributed by atoms with van der Waals surface area (Å²) in [6.07, 6.45) is 0.501. The van der Waals surface area contributed by atoms with Gasteiger partial charge in [0.2, 0.25) is 5.92 Å². The van der Waals surface area contributed by atoms with Crippen LogP contribution < -0.4 is 10.1 Å². The first-order chi connectivity index (χ1) is 14.8. The molecule has 4 rings (SSSR count). The number of halogens is 3. The molecule has 0 unspecified atom stereocenters. The maximum Gasteiger partial charge on any atom is 0.248 e. The van der Waals surface area contributed by atoms with Gasteiger partial charge < -0.3 is 10.1 Å². The van der Waals surface area contributed by atoms with Crippen molar-refractivity contribution in [2.45, 2.75) is 58.1 Å². The van der Waals surface area contributed by atoms with Gasteiger partial charge in [0.15, 0.2) is 5.82 Å². The smallest absolute Gasteiger partial charge is 0.248 e. The minimum Gasteiger partial charge on any atom is -0.489 e. The highest BCUT2D eigenvalue weighted by Crippen LogP contribution is 2.34. The van der Waals surface area contributed by atoms with E-state index in [9.17, 15) is 13.2 Å². The zero-order valence-corrected chi connectivity index (χ0v) is 17.5. The van der Waals surface area contributed by atoms with Crippen molar-refractivity contribution in [3.05, 3.63) is 65.2 Å². The highest BCUT2D eigenvalue weighted by Gasteiger charge is 2.35. The number of ether oxygens (including phenoxy) is 1. The molecule has 0 aliphatic heterocycles. The van der Waals surface area contributed by atoms with E-state index in [1.165, 1.54) is 12.1 Å². The van der Waals surface area contributed by atoms with E-state index in [1.807, 2.05) is 19.9 Å². The number of rotatable bonds is 6. The Labute approximate surface area is 179 Å². The van der Waals surface area contributed by atoms with E-state index in [0.717, 1.165) is 17.0 Å². The first-order valence-electron chi connectivity index (χ1n) is 10.3. The predicted molar refractivity (Wildman–Crippen MR) is 112 cm³/mol. The van der Waals surface area contributed by atoms with Crippen molar-refractivity contribution in [2.24, 2.45) is 0 Å². The highest BCUT2D eigenvalue weighted by atomic mass is 19.3. The molecule has 1 N–H and O–H groups in total. The van der Waals surface area contributed by atoms with Gasteiger partial charge in [0.1, 0.15) is 24.0 Å². The monoisotopic (exact) mass is 430 g/mol. The van der Waals surface area contributed by atoms with E-state index in [4.69, 9.17) is 4.74 Å². The summed E-state index contributed by atoms with van der Waals surface area (Å²) in [4.78, 5) is 4.65. The molecule has 1 saturated carbocycles. The number of pyridine rings is 1. The van der Waals surface area contributed by atoms with Crippen LogP contribution in [0.25, 0.3) is 5.82 Å². The van der Waals surface area contributed by atoms with Crippen LogP contribution in [0.4, 0.5) is 19.0 Å². The summed E-state index contributed by atoms with van der Waals surface area (Å²) in [5.74, 6) is -1.20. The van der Waals surface area contributed by atoms with E-state index in [-0.39, 0.29) is 31.3 Å². The molecule has 0 bridgehead atoms. The van der Waals surface area contributed by atoms with Gasteiger partial charge in [0.05, 0.1) is 5.69 Å². The van der Waals surface area contributed by atoms with Crippen molar-refractivity contribution in [2.75, 3.05) is 5.32 Å². The van der Waals surface area contributed by atoms with Crippen LogP contribution in [0.3, 0.4) is 0 Å². The summed E-state index contributed by atoms with van der Waals surface area (Å²) in [6.45, 7) is 4.10. The van der Waals surface area contributed by atoms with Crippen LogP contribution in [0, 0.1) is 19.7 Å². The number of anilines is 1. The third-order valence-corrected chi connectivity index (χ3v) is 5.40. The first-order valence-corrected chi connectivity index (χ1v) is 10.3. The van der Waals surface area contributed by atoms with Crippen molar-refractivity contribution >= 4 is 5.82 Å². The van der Waals surface area contributed by atoms with Gasteiger partial charge in [0, 0.05) is 36.7 Å². The number of nitrogens with one attached hydrogen (secondary N) is 1. The quantitative estimate of drug-likeness (QED) is 0.554. The van der Waals surface area contributed by atoms with Crippen molar-refractivity contribution in [1.82, 2.24) is 14.8 Å². The number of aromatic nitrogens is 3. The molecule has 1 fully saturated rings. The van der Waals surface area contributed by atoms with E-state index in [0.29, 0.717) is 30.2 Å². The molecule has 0 saturated heterocycles. The zero-order valence-electron chi connectivity index (χ0n) is 17.5. The lowest BCUT2D eigenvalue weighted by molar-refractivity contribution is -0.0361. The Hall–Kier alpha value is -3.03. The molecule has 1 aromatic carbocycles. The molecule has 8 heteroatoms. The maximum atomic E-state index is 13.5. The largest absolute Gasteiger partial charge is 0.489 e. The minimum atomic E-state index is -2.58. The van der Waals surface area contributed by atoms with Crippen LogP contribution in [0.1, 0.15) is 42.6 Å². The van der Waals surface area contributed by atoms with Crippen molar-refractivity contribution in [3.8, 4) is 11.6 Å². The van der Waals surface area contributed by atoms with Gasteiger partial charge in [-0.15, -0.1) is 0 Å². The zero-order chi connectivity index (χ0) is 22.0. The standard InChI is InChI=1S/C23H25F3N4O/c1-15-11-16(2)30(29-15)22-13-20(31-14-17-3-5-18(24)6-4-17)12-21(28-22)27-19-7-9-23(25,26)10-8-19/h3-6,11-13,19H,7-10,14H2,1-2H3,(H,27,28). The van der Waals surface area contributed by atoms with Crippen molar-refractivity contribution in [1.29, 1.82) is 0 Å². The number of nitrogens with zero attached hydrogens (tertiary/aromatic N) is 3. The summed E-state index contributed by atoms with van der Waals surface area (Å²) in [5, 5.41) is 7.77. The second kappa shape index (κ2) is 8.61. The number of hydrogen-bond donors (Lipinski definition) is 1. The third kappa shape index (κ3) is 5.37. The third-order valence-electron chi connectivity index (χ3n) is 5.40. The number of benzene rings is 1. The van der Waals surface area contributed by atoms with Gasteiger partial charge in [-0.3, -0.25) is 0 Å². The molecule has 164 valence electrons.